The summed E-state index contributed by atoms with van der Waals surface area (Å²) in [7, 11) is 0. The van der Waals surface area contributed by atoms with E-state index in [0.717, 1.165) is 47.0 Å². The van der Waals surface area contributed by atoms with E-state index in [-0.39, 0.29) is 5.92 Å². The summed E-state index contributed by atoms with van der Waals surface area (Å²) in [6.45, 7) is 4.77. The van der Waals surface area contributed by atoms with Crippen molar-refractivity contribution in [1.29, 1.82) is 0 Å². The van der Waals surface area contributed by atoms with Gasteiger partial charge in [0.1, 0.15) is 23.0 Å². The van der Waals surface area contributed by atoms with E-state index in [0.29, 0.717) is 25.9 Å². The van der Waals surface area contributed by atoms with E-state index >= 15 is 0 Å². The fourth-order valence-corrected chi connectivity index (χ4v) is 4.04. The van der Waals surface area contributed by atoms with Crippen LogP contribution in [0, 0.1) is 18.6 Å². The van der Waals surface area contributed by atoms with Crippen LogP contribution in [0.2, 0.25) is 0 Å². The number of hydrogen-bond acceptors (Lipinski definition) is 4. The van der Waals surface area contributed by atoms with Crippen LogP contribution in [0.4, 0.5) is 8.78 Å². The Labute approximate surface area is 173 Å². The lowest BCUT2D eigenvalue weighted by Crippen LogP contribution is -2.38. The molecule has 0 atom stereocenters. The van der Waals surface area contributed by atoms with Crippen LogP contribution in [0.3, 0.4) is 0 Å². The van der Waals surface area contributed by atoms with Crippen molar-refractivity contribution in [2.75, 3.05) is 13.1 Å². The van der Waals surface area contributed by atoms with Crippen molar-refractivity contribution < 1.29 is 18.1 Å². The number of piperidine rings is 1. The van der Waals surface area contributed by atoms with Gasteiger partial charge >= 0.3 is 0 Å². The lowest BCUT2D eigenvalue weighted by atomic mass is 9.92. The molecule has 5 nitrogen and oxygen atoms in total. The van der Waals surface area contributed by atoms with Gasteiger partial charge in [-0.05, 0) is 44.0 Å². The molecule has 30 heavy (non-hydrogen) atoms. The average molecular weight is 411 g/mol. The van der Waals surface area contributed by atoms with Crippen molar-refractivity contribution in [3.8, 4) is 11.3 Å². The number of nitrogens with zero attached hydrogens (tertiary/aromatic N) is 3. The van der Waals surface area contributed by atoms with E-state index in [1.807, 2.05) is 32.0 Å². The molecule has 0 N–H and O–H groups in total. The van der Waals surface area contributed by atoms with Crippen molar-refractivity contribution in [2.45, 2.75) is 39.0 Å². The first kappa shape index (κ1) is 20.2. The van der Waals surface area contributed by atoms with Crippen molar-refractivity contribution in [1.82, 2.24) is 15.0 Å². The van der Waals surface area contributed by atoms with Crippen LogP contribution in [-0.4, -0.2) is 34.0 Å². The third-order valence-electron chi connectivity index (χ3n) is 5.66. The van der Waals surface area contributed by atoms with E-state index in [1.54, 1.807) is 0 Å². The summed E-state index contributed by atoms with van der Waals surface area (Å²) in [6, 6.07) is 9.37. The van der Waals surface area contributed by atoms with Crippen LogP contribution >= 0.6 is 0 Å². The highest BCUT2D eigenvalue weighted by molar-refractivity contribution is 5.94. The van der Waals surface area contributed by atoms with Gasteiger partial charge in [-0.15, -0.1) is 0 Å². The number of amides is 1. The molecule has 0 bridgehead atoms. The molecular formula is C23H23F2N3O2. The molecule has 2 aromatic heterocycles. The molecule has 0 radical (unpaired) electrons. The molecule has 0 unspecified atom stereocenters. The van der Waals surface area contributed by atoms with Crippen LogP contribution in [0.25, 0.3) is 11.3 Å². The monoisotopic (exact) mass is 411 g/mol. The minimum absolute atomic E-state index is 0.171. The number of halogens is 2. The topological polar surface area (TPSA) is 59.2 Å². The molecule has 1 amide bonds. The second-order valence-corrected chi connectivity index (χ2v) is 7.53. The molecule has 1 aromatic carbocycles. The Hall–Kier alpha value is -3.09. The molecule has 1 aliphatic rings. The molecular weight excluding hydrogens is 388 g/mol. The molecule has 3 aromatic rings. The number of hydrogen-bond donors (Lipinski definition) is 0. The van der Waals surface area contributed by atoms with Crippen molar-refractivity contribution in [3.05, 3.63) is 70.7 Å². The van der Waals surface area contributed by atoms with E-state index < -0.39 is 23.1 Å². The van der Waals surface area contributed by atoms with Gasteiger partial charge < -0.3 is 9.42 Å². The van der Waals surface area contributed by atoms with Crippen LogP contribution in [0.5, 0.6) is 0 Å². The van der Waals surface area contributed by atoms with Gasteiger partial charge in [0.25, 0.3) is 5.91 Å². The molecule has 1 saturated heterocycles. The third kappa shape index (κ3) is 3.72. The number of benzene rings is 1. The van der Waals surface area contributed by atoms with Crippen molar-refractivity contribution in [2.24, 2.45) is 0 Å². The zero-order valence-corrected chi connectivity index (χ0v) is 17.0. The standard InChI is InChI=1S/C23H23F2N3O2/c1-3-20-21(14(2)27-30-20)19-9-5-8-18(26-19)15-10-12-28(13-11-15)23(29)22-16(24)6-4-7-17(22)25/h4-9,15H,3,10-13H2,1-2H3. The van der Waals surface area contributed by atoms with Gasteiger partial charge in [-0.25, -0.2) is 8.78 Å². The van der Waals surface area contributed by atoms with Gasteiger partial charge in [0.15, 0.2) is 0 Å². The Balaban J connectivity index is 1.50. The van der Waals surface area contributed by atoms with E-state index in [2.05, 4.69) is 5.16 Å². The maximum Gasteiger partial charge on any atom is 0.259 e. The molecule has 4 rings (SSSR count). The first-order valence-electron chi connectivity index (χ1n) is 10.1. The molecule has 1 fully saturated rings. The summed E-state index contributed by atoms with van der Waals surface area (Å²) >= 11 is 0. The van der Waals surface area contributed by atoms with Gasteiger partial charge in [0.05, 0.1) is 17.0 Å². The zero-order valence-electron chi connectivity index (χ0n) is 17.0. The lowest BCUT2D eigenvalue weighted by Gasteiger charge is -2.32. The molecule has 3 heterocycles. The second-order valence-electron chi connectivity index (χ2n) is 7.53. The molecule has 0 spiro atoms. The highest BCUT2D eigenvalue weighted by atomic mass is 19.1. The molecule has 0 saturated carbocycles. The van der Waals surface area contributed by atoms with Gasteiger partial charge in [-0.1, -0.05) is 24.2 Å². The first-order valence-corrected chi connectivity index (χ1v) is 10.1. The van der Waals surface area contributed by atoms with E-state index in [9.17, 15) is 13.6 Å². The van der Waals surface area contributed by atoms with Crippen LogP contribution in [0.1, 0.15) is 53.2 Å². The Morgan fingerprint density at radius 3 is 2.47 bits per heavy atom. The fourth-order valence-electron chi connectivity index (χ4n) is 4.04. The molecule has 1 aliphatic heterocycles. The SMILES string of the molecule is CCc1onc(C)c1-c1cccc(C2CCN(C(=O)c3c(F)cccc3F)CC2)n1. The highest BCUT2D eigenvalue weighted by Gasteiger charge is 2.28. The minimum Gasteiger partial charge on any atom is -0.360 e. The Kier molecular flexibility index (Phi) is 5.61. The maximum absolute atomic E-state index is 14.0. The smallest absolute Gasteiger partial charge is 0.259 e. The summed E-state index contributed by atoms with van der Waals surface area (Å²) in [4.78, 5) is 19.0. The first-order chi connectivity index (χ1) is 14.5. The maximum atomic E-state index is 14.0. The minimum atomic E-state index is -0.827. The largest absolute Gasteiger partial charge is 0.360 e. The predicted octanol–water partition coefficient (Wildman–Crippen LogP) is 4.91. The number of rotatable bonds is 4. The van der Waals surface area contributed by atoms with E-state index in [4.69, 9.17) is 9.51 Å². The van der Waals surface area contributed by atoms with Gasteiger partial charge in [-0.2, -0.15) is 0 Å². The van der Waals surface area contributed by atoms with Crippen LogP contribution in [-0.2, 0) is 6.42 Å². The highest BCUT2D eigenvalue weighted by Crippen LogP contribution is 2.31. The number of carbonyl (C=O) groups excluding carboxylic acids is 1. The Morgan fingerprint density at radius 2 is 1.80 bits per heavy atom. The Morgan fingerprint density at radius 1 is 1.13 bits per heavy atom. The average Bonchev–Trinajstić information content (AvgIpc) is 3.14. The Bertz CT molecular complexity index is 1050. The van der Waals surface area contributed by atoms with E-state index in [1.165, 1.54) is 11.0 Å². The fraction of sp³-hybridized carbons (Fsp3) is 0.348. The predicted molar refractivity (Wildman–Crippen MR) is 108 cm³/mol. The molecule has 7 heteroatoms. The summed E-state index contributed by atoms with van der Waals surface area (Å²) in [5, 5.41) is 4.06. The quantitative estimate of drug-likeness (QED) is 0.612. The van der Waals surface area contributed by atoms with Gasteiger partial charge in [0.2, 0.25) is 0 Å². The van der Waals surface area contributed by atoms with Gasteiger partial charge in [0, 0.05) is 31.1 Å². The number of aryl methyl sites for hydroxylation is 2. The van der Waals surface area contributed by atoms with Gasteiger partial charge in [-0.3, -0.25) is 9.78 Å². The summed E-state index contributed by atoms with van der Waals surface area (Å²) in [5.74, 6) is -1.27. The van der Waals surface area contributed by atoms with Crippen LogP contribution < -0.4 is 0 Å². The summed E-state index contributed by atoms with van der Waals surface area (Å²) in [5.41, 5.74) is 3.03. The molecule has 156 valence electrons. The third-order valence-corrected chi connectivity index (χ3v) is 5.66. The second kappa shape index (κ2) is 8.34. The van der Waals surface area contributed by atoms with Crippen molar-refractivity contribution >= 4 is 5.91 Å². The zero-order chi connectivity index (χ0) is 21.3. The molecule has 0 aliphatic carbocycles. The normalized spacial score (nSPS) is 14.9. The van der Waals surface area contributed by atoms with Crippen LogP contribution in [0.15, 0.2) is 40.9 Å². The number of aromatic nitrogens is 2. The summed E-state index contributed by atoms with van der Waals surface area (Å²) < 4.78 is 33.3. The number of likely N-dealkylation sites (tertiary alicyclic amines) is 1. The number of pyridine rings is 1. The number of carbonyl (C=O) groups is 1. The van der Waals surface area contributed by atoms with Crippen molar-refractivity contribution in [3.63, 3.8) is 0 Å². The lowest BCUT2D eigenvalue weighted by molar-refractivity contribution is 0.0702. The summed E-state index contributed by atoms with van der Waals surface area (Å²) in [6.07, 6.45) is 2.10.